The first-order valence-electron chi connectivity index (χ1n) is 6.40. The number of amides is 1. The number of methoxy groups -OCH3 is 1. The van der Waals surface area contributed by atoms with Crippen LogP contribution in [0.25, 0.3) is 0 Å². The zero-order chi connectivity index (χ0) is 15.1. The molecule has 0 aliphatic heterocycles. The maximum Gasteiger partial charge on any atom is 0.355 e. The van der Waals surface area contributed by atoms with Crippen LogP contribution >= 0.6 is 0 Å². The maximum atomic E-state index is 11.7. The Hall–Kier alpha value is -2.76. The zero-order valence-electron chi connectivity index (χ0n) is 11.6. The third kappa shape index (κ3) is 4.10. The molecule has 6 heteroatoms. The Morgan fingerprint density at radius 1 is 1.19 bits per heavy atom. The molecule has 21 heavy (non-hydrogen) atoms. The third-order valence-electron chi connectivity index (χ3n) is 2.82. The number of esters is 1. The van der Waals surface area contributed by atoms with Gasteiger partial charge in [-0.2, -0.15) is 0 Å². The fourth-order valence-electron chi connectivity index (χ4n) is 1.76. The van der Waals surface area contributed by atoms with Gasteiger partial charge >= 0.3 is 5.97 Å². The van der Waals surface area contributed by atoms with Crippen molar-refractivity contribution in [2.75, 3.05) is 13.7 Å². The van der Waals surface area contributed by atoms with Crippen molar-refractivity contribution in [3.8, 4) is 5.75 Å². The van der Waals surface area contributed by atoms with Crippen molar-refractivity contribution < 1.29 is 19.1 Å². The number of para-hydroxylation sites is 1. The van der Waals surface area contributed by atoms with Crippen LogP contribution in [-0.2, 0) is 16.1 Å². The molecule has 0 spiro atoms. The lowest BCUT2D eigenvalue weighted by Crippen LogP contribution is -2.28. The van der Waals surface area contributed by atoms with Crippen molar-refractivity contribution in [3.05, 3.63) is 53.9 Å². The van der Waals surface area contributed by atoms with E-state index in [2.05, 4.69) is 10.3 Å². The zero-order valence-corrected chi connectivity index (χ0v) is 11.6. The first-order chi connectivity index (χ1) is 10.2. The van der Waals surface area contributed by atoms with Gasteiger partial charge in [-0.25, -0.2) is 4.79 Å². The molecule has 0 saturated carbocycles. The molecule has 0 radical (unpaired) electrons. The van der Waals surface area contributed by atoms with Gasteiger partial charge in [0.15, 0.2) is 6.61 Å². The van der Waals surface area contributed by atoms with E-state index in [0.717, 1.165) is 5.56 Å². The van der Waals surface area contributed by atoms with Gasteiger partial charge in [0, 0.05) is 18.3 Å². The van der Waals surface area contributed by atoms with Gasteiger partial charge in [0.05, 0.1) is 7.11 Å². The highest BCUT2D eigenvalue weighted by atomic mass is 16.5. The number of hydrogen-bond acceptors (Lipinski definition) is 4. The number of aromatic nitrogens is 1. The number of H-pyrrole nitrogens is 1. The van der Waals surface area contributed by atoms with E-state index in [9.17, 15) is 9.59 Å². The Kier molecular flexibility index (Phi) is 4.98. The van der Waals surface area contributed by atoms with Crippen LogP contribution in [0.5, 0.6) is 5.75 Å². The van der Waals surface area contributed by atoms with Crippen LogP contribution in [-0.4, -0.2) is 30.6 Å². The minimum atomic E-state index is -0.563. The van der Waals surface area contributed by atoms with Crippen molar-refractivity contribution in [1.82, 2.24) is 10.3 Å². The lowest BCUT2D eigenvalue weighted by atomic mass is 10.2. The molecule has 0 fully saturated rings. The van der Waals surface area contributed by atoms with Crippen molar-refractivity contribution in [2.24, 2.45) is 0 Å². The monoisotopic (exact) mass is 288 g/mol. The van der Waals surface area contributed by atoms with E-state index in [-0.39, 0.29) is 12.5 Å². The standard InChI is InChI=1S/C15H16N2O4/c1-20-13-7-3-2-5-11(13)9-17-14(18)10-21-15(19)12-6-4-8-16-12/h2-8,16H,9-10H2,1H3,(H,17,18). The fraction of sp³-hybridized carbons (Fsp3) is 0.200. The Balaban J connectivity index is 1.78. The van der Waals surface area contributed by atoms with Crippen molar-refractivity contribution >= 4 is 11.9 Å². The van der Waals surface area contributed by atoms with Gasteiger partial charge in [-0.15, -0.1) is 0 Å². The number of carbonyl (C=O) groups is 2. The van der Waals surface area contributed by atoms with Crippen LogP contribution in [0, 0.1) is 0 Å². The summed E-state index contributed by atoms with van der Waals surface area (Å²) in [6.45, 7) is -0.0180. The summed E-state index contributed by atoms with van der Waals surface area (Å²) in [4.78, 5) is 25.9. The van der Waals surface area contributed by atoms with Crippen molar-refractivity contribution in [1.29, 1.82) is 0 Å². The smallest absolute Gasteiger partial charge is 0.355 e. The molecular weight excluding hydrogens is 272 g/mol. The summed E-state index contributed by atoms with van der Waals surface area (Å²) in [5.41, 5.74) is 1.16. The second-order valence-electron chi connectivity index (χ2n) is 4.25. The maximum absolute atomic E-state index is 11.7. The molecule has 2 N–H and O–H groups in total. The van der Waals surface area contributed by atoms with E-state index in [1.54, 1.807) is 25.4 Å². The Labute approximate surface area is 122 Å². The fourth-order valence-corrected chi connectivity index (χ4v) is 1.76. The largest absolute Gasteiger partial charge is 0.496 e. The Bertz CT molecular complexity index is 608. The van der Waals surface area contributed by atoms with E-state index < -0.39 is 5.97 Å². The normalized spacial score (nSPS) is 9.95. The lowest BCUT2D eigenvalue weighted by Gasteiger charge is -2.09. The second-order valence-corrected chi connectivity index (χ2v) is 4.25. The Morgan fingerprint density at radius 3 is 2.71 bits per heavy atom. The number of rotatable bonds is 6. The van der Waals surface area contributed by atoms with Gasteiger partial charge in [-0.3, -0.25) is 4.79 Å². The molecule has 1 aromatic heterocycles. The summed E-state index contributed by atoms with van der Waals surface area (Å²) in [7, 11) is 1.57. The summed E-state index contributed by atoms with van der Waals surface area (Å²) >= 11 is 0. The van der Waals surface area contributed by atoms with Crippen LogP contribution in [0.4, 0.5) is 0 Å². The minimum absolute atomic E-state index is 0.308. The lowest BCUT2D eigenvalue weighted by molar-refractivity contribution is -0.124. The predicted octanol–water partition coefficient (Wildman–Crippen LogP) is 1.50. The average Bonchev–Trinajstić information content (AvgIpc) is 3.05. The molecule has 2 aromatic rings. The molecule has 110 valence electrons. The quantitative estimate of drug-likeness (QED) is 0.789. The molecule has 0 unspecified atom stereocenters. The number of aromatic amines is 1. The van der Waals surface area contributed by atoms with Crippen molar-refractivity contribution in [2.45, 2.75) is 6.54 Å². The summed E-state index contributed by atoms with van der Waals surface area (Å²) < 4.78 is 10.1. The number of nitrogens with one attached hydrogen (secondary N) is 2. The highest BCUT2D eigenvalue weighted by Crippen LogP contribution is 2.16. The molecule has 1 heterocycles. The Morgan fingerprint density at radius 2 is 2.00 bits per heavy atom. The summed E-state index contributed by atoms with van der Waals surface area (Å²) in [6.07, 6.45) is 1.61. The summed E-state index contributed by atoms with van der Waals surface area (Å²) in [5.74, 6) is -0.241. The topological polar surface area (TPSA) is 80.4 Å². The van der Waals surface area contributed by atoms with E-state index in [1.807, 2.05) is 24.3 Å². The van der Waals surface area contributed by atoms with Crippen LogP contribution in [0.2, 0.25) is 0 Å². The van der Waals surface area contributed by atoms with Gasteiger partial charge < -0.3 is 19.8 Å². The summed E-state index contributed by atoms with van der Waals surface area (Å²) in [6, 6.07) is 10.6. The van der Waals surface area contributed by atoms with Crippen molar-refractivity contribution in [3.63, 3.8) is 0 Å². The van der Waals surface area contributed by atoms with Crippen LogP contribution < -0.4 is 10.1 Å². The number of ether oxygens (including phenoxy) is 2. The first-order valence-corrected chi connectivity index (χ1v) is 6.40. The van der Waals surface area contributed by atoms with E-state index in [4.69, 9.17) is 9.47 Å². The van der Waals surface area contributed by atoms with Crippen LogP contribution in [0.3, 0.4) is 0 Å². The number of benzene rings is 1. The molecule has 0 bridgehead atoms. The predicted molar refractivity (Wildman–Crippen MR) is 75.9 cm³/mol. The third-order valence-corrected chi connectivity index (χ3v) is 2.82. The molecule has 1 amide bonds. The molecule has 0 saturated heterocycles. The molecule has 1 aromatic carbocycles. The number of hydrogen-bond donors (Lipinski definition) is 2. The molecule has 0 atom stereocenters. The molecule has 0 aliphatic carbocycles. The number of carbonyl (C=O) groups excluding carboxylic acids is 2. The van der Waals surface area contributed by atoms with Crippen LogP contribution in [0.1, 0.15) is 16.1 Å². The van der Waals surface area contributed by atoms with Gasteiger partial charge in [0.25, 0.3) is 5.91 Å². The molecule has 2 rings (SSSR count). The average molecular weight is 288 g/mol. The van der Waals surface area contributed by atoms with Gasteiger partial charge in [-0.05, 0) is 18.2 Å². The minimum Gasteiger partial charge on any atom is -0.496 e. The van der Waals surface area contributed by atoms with E-state index >= 15 is 0 Å². The van der Waals surface area contributed by atoms with E-state index in [1.165, 1.54) is 0 Å². The van der Waals surface area contributed by atoms with Gasteiger partial charge in [-0.1, -0.05) is 18.2 Å². The second kappa shape index (κ2) is 7.14. The van der Waals surface area contributed by atoms with Gasteiger partial charge in [0.2, 0.25) is 0 Å². The molecular formula is C15H16N2O4. The van der Waals surface area contributed by atoms with E-state index in [0.29, 0.717) is 18.0 Å². The van der Waals surface area contributed by atoms with Crippen LogP contribution in [0.15, 0.2) is 42.6 Å². The van der Waals surface area contributed by atoms with Gasteiger partial charge in [0.1, 0.15) is 11.4 Å². The molecule has 6 nitrogen and oxygen atoms in total. The highest BCUT2D eigenvalue weighted by molar-refractivity contribution is 5.89. The first kappa shape index (κ1) is 14.6. The highest BCUT2D eigenvalue weighted by Gasteiger charge is 2.11. The summed E-state index contributed by atoms with van der Waals surface area (Å²) in [5, 5.41) is 2.67. The molecule has 0 aliphatic rings. The SMILES string of the molecule is COc1ccccc1CNC(=O)COC(=O)c1ccc[nH]1.